The summed E-state index contributed by atoms with van der Waals surface area (Å²) < 4.78 is 14.6. The average Bonchev–Trinajstić information content (AvgIpc) is 3.27. The largest absolute Gasteiger partial charge is 0.206 e. The van der Waals surface area contributed by atoms with Crippen LogP contribution in [0.5, 0.6) is 0 Å². The van der Waals surface area contributed by atoms with Crippen LogP contribution in [0.25, 0.3) is 21.6 Å². The van der Waals surface area contributed by atoms with E-state index in [0.29, 0.717) is 5.56 Å². The second-order valence-corrected chi connectivity index (χ2v) is 8.44. The van der Waals surface area contributed by atoms with Crippen LogP contribution < -0.4 is 0 Å². The Kier molecular flexibility index (Phi) is 4.72. The Balaban J connectivity index is 1.54. The first kappa shape index (κ1) is 16.5. The van der Waals surface area contributed by atoms with Gasteiger partial charge in [0.2, 0.25) is 0 Å². The lowest BCUT2D eigenvalue weighted by Crippen LogP contribution is -1.98. The molecule has 1 aliphatic carbocycles. The highest BCUT2D eigenvalue weighted by atomic mass is 32.1. The maximum absolute atomic E-state index is 14.6. The van der Waals surface area contributed by atoms with Crippen molar-refractivity contribution in [3.63, 3.8) is 0 Å². The molecule has 0 aliphatic heterocycles. The maximum Gasteiger partial charge on any atom is 0.132 e. The first-order chi connectivity index (χ1) is 12.2. The first-order valence-corrected chi connectivity index (χ1v) is 9.96. The van der Waals surface area contributed by atoms with Crippen molar-refractivity contribution in [2.75, 3.05) is 0 Å². The van der Waals surface area contributed by atoms with Crippen molar-refractivity contribution in [3.05, 3.63) is 70.9 Å². The number of rotatable bonds is 4. The van der Waals surface area contributed by atoms with Gasteiger partial charge in [0.1, 0.15) is 5.82 Å². The van der Waals surface area contributed by atoms with Gasteiger partial charge in [-0.2, -0.15) is 0 Å². The first-order valence-electron chi connectivity index (χ1n) is 9.15. The van der Waals surface area contributed by atoms with Crippen LogP contribution in [0.4, 0.5) is 4.39 Å². The summed E-state index contributed by atoms with van der Waals surface area (Å²) in [5, 5.41) is 0. The Morgan fingerprint density at radius 2 is 1.64 bits per heavy atom. The molecular formula is C23H23FS. The summed E-state index contributed by atoms with van der Waals surface area (Å²) in [6, 6.07) is 18.3. The lowest BCUT2D eigenvalue weighted by Gasteiger charge is -2.10. The van der Waals surface area contributed by atoms with E-state index >= 15 is 0 Å². The molecule has 1 aromatic heterocycles. The smallest absolute Gasteiger partial charge is 0.132 e. The molecule has 0 N–H and O–H groups in total. The van der Waals surface area contributed by atoms with Gasteiger partial charge < -0.3 is 0 Å². The standard InChI is InChI=1S/C23H23FS/c1-16-6-13-23(25-16)21-12-11-20(15-22(21)24)19-9-7-18(8-10-19)14-17-4-2-3-5-17/h6-13,15,17H,2-5,14H2,1H3. The van der Waals surface area contributed by atoms with Crippen molar-refractivity contribution in [1.29, 1.82) is 0 Å². The zero-order chi connectivity index (χ0) is 17.2. The van der Waals surface area contributed by atoms with Gasteiger partial charge in [-0.1, -0.05) is 56.0 Å². The van der Waals surface area contributed by atoms with Crippen LogP contribution in [0.15, 0.2) is 54.6 Å². The molecule has 2 aromatic carbocycles. The molecule has 0 radical (unpaired) electrons. The Morgan fingerprint density at radius 1 is 0.920 bits per heavy atom. The van der Waals surface area contributed by atoms with Gasteiger partial charge in [-0.25, -0.2) is 4.39 Å². The molecule has 0 bridgehead atoms. The van der Waals surface area contributed by atoms with Crippen LogP contribution >= 0.6 is 11.3 Å². The summed E-state index contributed by atoms with van der Waals surface area (Å²) in [6.45, 7) is 2.05. The second-order valence-electron chi connectivity index (χ2n) is 7.16. The molecule has 1 aliphatic rings. The fourth-order valence-electron chi connectivity index (χ4n) is 3.85. The molecule has 4 rings (SSSR count). The van der Waals surface area contributed by atoms with Crippen molar-refractivity contribution in [3.8, 4) is 21.6 Å². The Morgan fingerprint density at radius 3 is 2.28 bits per heavy atom. The monoisotopic (exact) mass is 350 g/mol. The fourth-order valence-corrected chi connectivity index (χ4v) is 4.75. The fraction of sp³-hybridized carbons (Fsp3) is 0.304. The molecule has 0 nitrogen and oxygen atoms in total. The molecule has 25 heavy (non-hydrogen) atoms. The van der Waals surface area contributed by atoms with Crippen molar-refractivity contribution in [2.45, 2.75) is 39.0 Å². The predicted molar refractivity (Wildman–Crippen MR) is 106 cm³/mol. The third kappa shape index (κ3) is 3.69. The molecule has 0 atom stereocenters. The van der Waals surface area contributed by atoms with Gasteiger partial charge in [-0.15, -0.1) is 11.3 Å². The van der Waals surface area contributed by atoms with Gasteiger partial charge in [0.05, 0.1) is 0 Å². The summed E-state index contributed by atoms with van der Waals surface area (Å²) in [7, 11) is 0. The minimum Gasteiger partial charge on any atom is -0.206 e. The highest BCUT2D eigenvalue weighted by Crippen LogP contribution is 2.33. The number of hydrogen-bond donors (Lipinski definition) is 0. The predicted octanol–water partition coefficient (Wildman–Crippen LogP) is 7.26. The topological polar surface area (TPSA) is 0 Å². The number of benzene rings is 2. The molecule has 0 unspecified atom stereocenters. The average molecular weight is 351 g/mol. The van der Waals surface area contributed by atoms with Gasteiger partial charge in [0, 0.05) is 15.3 Å². The van der Waals surface area contributed by atoms with Crippen molar-refractivity contribution in [1.82, 2.24) is 0 Å². The van der Waals surface area contributed by atoms with E-state index in [9.17, 15) is 4.39 Å². The van der Waals surface area contributed by atoms with E-state index in [-0.39, 0.29) is 5.82 Å². The molecule has 0 saturated heterocycles. The van der Waals surface area contributed by atoms with Crippen LogP contribution in [0, 0.1) is 18.7 Å². The summed E-state index contributed by atoms with van der Waals surface area (Å²) in [4.78, 5) is 2.20. The quantitative estimate of drug-likeness (QED) is 0.464. The van der Waals surface area contributed by atoms with Crippen molar-refractivity contribution < 1.29 is 4.39 Å². The Labute approximate surface area is 153 Å². The summed E-state index contributed by atoms with van der Waals surface area (Å²) in [5.74, 6) is 0.714. The van der Waals surface area contributed by atoms with Crippen LogP contribution in [-0.2, 0) is 6.42 Å². The van der Waals surface area contributed by atoms with E-state index in [1.807, 2.05) is 31.2 Å². The molecule has 128 valence electrons. The lowest BCUT2D eigenvalue weighted by molar-refractivity contribution is 0.546. The van der Waals surface area contributed by atoms with Gasteiger partial charge in [0.15, 0.2) is 0 Å². The van der Waals surface area contributed by atoms with E-state index in [2.05, 4.69) is 24.3 Å². The molecule has 1 saturated carbocycles. The van der Waals surface area contributed by atoms with E-state index < -0.39 is 0 Å². The molecular weight excluding hydrogens is 327 g/mol. The molecule has 1 heterocycles. The summed E-state index contributed by atoms with van der Waals surface area (Å²) >= 11 is 1.63. The minimum absolute atomic E-state index is 0.144. The third-order valence-electron chi connectivity index (χ3n) is 5.26. The van der Waals surface area contributed by atoms with Crippen molar-refractivity contribution >= 4 is 11.3 Å². The summed E-state index contributed by atoms with van der Waals surface area (Å²) in [6.07, 6.45) is 6.70. The zero-order valence-corrected chi connectivity index (χ0v) is 15.4. The van der Waals surface area contributed by atoms with Gasteiger partial charge in [-0.3, -0.25) is 0 Å². The van der Waals surface area contributed by atoms with Crippen molar-refractivity contribution in [2.24, 2.45) is 5.92 Å². The number of hydrogen-bond acceptors (Lipinski definition) is 1. The van der Waals surface area contributed by atoms with Crippen LogP contribution in [0.2, 0.25) is 0 Å². The number of aryl methyl sites for hydroxylation is 1. The van der Waals surface area contributed by atoms with Crippen LogP contribution in [0.1, 0.15) is 36.1 Å². The molecule has 2 heteroatoms. The maximum atomic E-state index is 14.6. The zero-order valence-electron chi connectivity index (χ0n) is 14.6. The Hall–Kier alpha value is -1.93. The van der Waals surface area contributed by atoms with E-state index in [1.165, 1.54) is 42.5 Å². The molecule has 0 spiro atoms. The Bertz CT molecular complexity index is 854. The normalized spacial score (nSPS) is 15.0. The second kappa shape index (κ2) is 7.13. The molecule has 3 aromatic rings. The van der Waals surface area contributed by atoms with E-state index in [1.54, 1.807) is 17.4 Å². The lowest BCUT2D eigenvalue weighted by atomic mass is 9.96. The van der Waals surface area contributed by atoms with Gasteiger partial charge in [0.25, 0.3) is 0 Å². The molecule has 0 amide bonds. The van der Waals surface area contributed by atoms with Crippen LogP contribution in [0.3, 0.4) is 0 Å². The SMILES string of the molecule is Cc1ccc(-c2ccc(-c3ccc(CC4CCCC4)cc3)cc2F)s1. The highest BCUT2D eigenvalue weighted by molar-refractivity contribution is 7.15. The van der Waals surface area contributed by atoms with E-state index in [4.69, 9.17) is 0 Å². The van der Waals surface area contributed by atoms with Crippen LogP contribution in [-0.4, -0.2) is 0 Å². The minimum atomic E-state index is -0.144. The van der Waals surface area contributed by atoms with Gasteiger partial charge >= 0.3 is 0 Å². The summed E-state index contributed by atoms with van der Waals surface area (Å²) in [5.41, 5.74) is 4.13. The third-order valence-corrected chi connectivity index (χ3v) is 6.30. The van der Waals surface area contributed by atoms with Gasteiger partial charge in [-0.05, 0) is 60.2 Å². The van der Waals surface area contributed by atoms with E-state index in [0.717, 1.165) is 21.9 Å². The molecule has 1 fully saturated rings. The highest BCUT2D eigenvalue weighted by Gasteiger charge is 2.15. The number of halogens is 1. The number of thiophene rings is 1.